The van der Waals surface area contributed by atoms with Crippen LogP contribution in [0.15, 0.2) is 47.3 Å². The van der Waals surface area contributed by atoms with Crippen molar-refractivity contribution in [1.82, 2.24) is 15.3 Å². The van der Waals surface area contributed by atoms with Gasteiger partial charge in [0.25, 0.3) is 11.5 Å². The van der Waals surface area contributed by atoms with E-state index in [1.807, 2.05) is 31.2 Å². The molecule has 0 spiro atoms. The van der Waals surface area contributed by atoms with E-state index >= 15 is 0 Å². The predicted octanol–water partition coefficient (Wildman–Crippen LogP) is 3.60. The predicted molar refractivity (Wildman–Crippen MR) is 102 cm³/mol. The number of benzene rings is 2. The van der Waals surface area contributed by atoms with E-state index in [9.17, 15) is 9.59 Å². The minimum atomic E-state index is -0.280. The van der Waals surface area contributed by atoms with Crippen molar-refractivity contribution in [3.05, 3.63) is 73.7 Å². The lowest BCUT2D eigenvalue weighted by Crippen LogP contribution is -2.34. The monoisotopic (exact) mass is 373 g/mol. The van der Waals surface area contributed by atoms with Crippen LogP contribution in [0, 0.1) is 4.77 Å². The standard InChI is InChI=1S/C18H16ClN3O2S/c1-10(8-11-4-2-3-5-14(11)19)20-16(23)12-6-7-13-15(9-12)21-18(25)22-17(13)24/h2-7,9-10H,8H2,1H3,(H,20,23)(H2,21,22,24,25)/t10-/m0/s1. The van der Waals surface area contributed by atoms with Crippen molar-refractivity contribution in [3.8, 4) is 0 Å². The zero-order valence-corrected chi connectivity index (χ0v) is 15.0. The number of fused-ring (bicyclic) bond motifs is 1. The smallest absolute Gasteiger partial charge is 0.259 e. The minimum Gasteiger partial charge on any atom is -0.349 e. The van der Waals surface area contributed by atoms with E-state index in [1.54, 1.807) is 18.2 Å². The second-order valence-electron chi connectivity index (χ2n) is 5.84. The average Bonchev–Trinajstić information content (AvgIpc) is 2.56. The summed E-state index contributed by atoms with van der Waals surface area (Å²) in [5, 5.41) is 4.08. The zero-order valence-electron chi connectivity index (χ0n) is 13.4. The number of rotatable bonds is 4. The SMILES string of the molecule is C[C@@H](Cc1ccccc1Cl)NC(=O)c1ccc2c(=O)[nH]c(=S)[nH]c2c1. The van der Waals surface area contributed by atoms with Crippen LogP contribution in [0.1, 0.15) is 22.8 Å². The van der Waals surface area contributed by atoms with E-state index in [0.29, 0.717) is 27.9 Å². The number of hydrogen-bond donors (Lipinski definition) is 3. The van der Waals surface area contributed by atoms with Crippen molar-refractivity contribution in [2.75, 3.05) is 0 Å². The van der Waals surface area contributed by atoms with E-state index in [0.717, 1.165) is 5.56 Å². The molecule has 0 radical (unpaired) electrons. The van der Waals surface area contributed by atoms with Crippen LogP contribution in [0.3, 0.4) is 0 Å². The quantitative estimate of drug-likeness (QED) is 0.611. The van der Waals surface area contributed by atoms with Gasteiger partial charge in [-0.05, 0) is 55.4 Å². The molecular weight excluding hydrogens is 358 g/mol. The lowest BCUT2D eigenvalue weighted by Gasteiger charge is -2.15. The van der Waals surface area contributed by atoms with E-state index in [1.165, 1.54) is 0 Å². The maximum atomic E-state index is 12.5. The van der Waals surface area contributed by atoms with Crippen LogP contribution in [0.5, 0.6) is 0 Å². The van der Waals surface area contributed by atoms with Crippen molar-refractivity contribution in [1.29, 1.82) is 0 Å². The molecule has 0 aliphatic heterocycles. The molecule has 0 saturated carbocycles. The first-order valence-corrected chi connectivity index (χ1v) is 8.53. The maximum absolute atomic E-state index is 12.5. The highest BCUT2D eigenvalue weighted by atomic mass is 35.5. The van der Waals surface area contributed by atoms with Gasteiger partial charge in [0.2, 0.25) is 0 Å². The number of aromatic nitrogens is 2. The van der Waals surface area contributed by atoms with Gasteiger partial charge in [-0.25, -0.2) is 0 Å². The Balaban J connectivity index is 1.79. The average molecular weight is 374 g/mol. The molecule has 0 saturated heterocycles. The molecule has 7 heteroatoms. The Morgan fingerprint density at radius 2 is 2.00 bits per heavy atom. The van der Waals surface area contributed by atoms with Crippen LogP contribution in [-0.2, 0) is 6.42 Å². The number of carbonyl (C=O) groups is 1. The number of amides is 1. The van der Waals surface area contributed by atoms with Crippen molar-refractivity contribution >= 4 is 40.6 Å². The Morgan fingerprint density at radius 1 is 1.24 bits per heavy atom. The zero-order chi connectivity index (χ0) is 18.0. The summed E-state index contributed by atoms with van der Waals surface area (Å²) < 4.78 is 0.224. The molecule has 5 nitrogen and oxygen atoms in total. The number of hydrogen-bond acceptors (Lipinski definition) is 3. The number of nitrogens with one attached hydrogen (secondary N) is 3. The van der Waals surface area contributed by atoms with Crippen LogP contribution >= 0.6 is 23.8 Å². The van der Waals surface area contributed by atoms with Gasteiger partial charge in [-0.3, -0.25) is 14.6 Å². The Bertz CT molecular complexity index is 1060. The fourth-order valence-corrected chi connectivity index (χ4v) is 3.08. The fraction of sp³-hybridized carbons (Fsp3) is 0.167. The van der Waals surface area contributed by atoms with Gasteiger partial charge in [0.15, 0.2) is 4.77 Å². The second-order valence-corrected chi connectivity index (χ2v) is 6.65. The maximum Gasteiger partial charge on any atom is 0.259 e. The largest absolute Gasteiger partial charge is 0.349 e. The Hall–Kier alpha value is -2.44. The first-order chi connectivity index (χ1) is 11.9. The van der Waals surface area contributed by atoms with Crippen molar-refractivity contribution < 1.29 is 4.79 Å². The summed E-state index contributed by atoms with van der Waals surface area (Å²) in [4.78, 5) is 29.7. The summed E-state index contributed by atoms with van der Waals surface area (Å²) in [6.45, 7) is 1.92. The summed E-state index contributed by atoms with van der Waals surface area (Å²) in [6, 6.07) is 12.3. The molecule has 25 heavy (non-hydrogen) atoms. The molecule has 0 fully saturated rings. The van der Waals surface area contributed by atoms with Crippen LogP contribution in [0.2, 0.25) is 5.02 Å². The van der Waals surface area contributed by atoms with E-state index in [2.05, 4.69) is 15.3 Å². The Labute approximate surface area is 154 Å². The topological polar surface area (TPSA) is 77.8 Å². The van der Waals surface area contributed by atoms with Crippen molar-refractivity contribution in [2.24, 2.45) is 0 Å². The lowest BCUT2D eigenvalue weighted by atomic mass is 10.1. The van der Waals surface area contributed by atoms with Crippen LogP contribution in [0.25, 0.3) is 10.9 Å². The number of carbonyl (C=O) groups excluding carboxylic acids is 1. The molecule has 0 bridgehead atoms. The highest BCUT2D eigenvalue weighted by molar-refractivity contribution is 7.71. The van der Waals surface area contributed by atoms with Gasteiger partial charge >= 0.3 is 0 Å². The Kier molecular flexibility index (Phi) is 5.01. The third kappa shape index (κ3) is 3.97. The first kappa shape index (κ1) is 17.4. The second kappa shape index (κ2) is 7.21. The molecule has 128 valence electrons. The van der Waals surface area contributed by atoms with Crippen LogP contribution in [-0.4, -0.2) is 21.9 Å². The minimum absolute atomic E-state index is 0.0965. The molecule has 2 aromatic carbocycles. The highest BCUT2D eigenvalue weighted by Crippen LogP contribution is 2.17. The van der Waals surface area contributed by atoms with Crippen molar-refractivity contribution in [2.45, 2.75) is 19.4 Å². The molecule has 1 amide bonds. The van der Waals surface area contributed by atoms with Gasteiger partial charge in [0.1, 0.15) is 0 Å². The first-order valence-electron chi connectivity index (χ1n) is 7.74. The molecule has 0 aliphatic carbocycles. The molecule has 1 aromatic heterocycles. The normalized spacial score (nSPS) is 12.1. The third-order valence-electron chi connectivity index (χ3n) is 3.86. The van der Waals surface area contributed by atoms with E-state index in [4.69, 9.17) is 23.8 Å². The van der Waals surface area contributed by atoms with Gasteiger partial charge < -0.3 is 10.3 Å². The van der Waals surface area contributed by atoms with Crippen LogP contribution < -0.4 is 10.9 Å². The summed E-state index contributed by atoms with van der Waals surface area (Å²) in [5.74, 6) is -0.221. The van der Waals surface area contributed by atoms with Crippen molar-refractivity contribution in [3.63, 3.8) is 0 Å². The van der Waals surface area contributed by atoms with Gasteiger partial charge in [0.05, 0.1) is 10.9 Å². The lowest BCUT2D eigenvalue weighted by molar-refractivity contribution is 0.0940. The molecule has 3 N–H and O–H groups in total. The molecule has 3 aromatic rings. The fourth-order valence-electron chi connectivity index (χ4n) is 2.66. The van der Waals surface area contributed by atoms with Crippen LogP contribution in [0.4, 0.5) is 0 Å². The van der Waals surface area contributed by atoms with Gasteiger partial charge in [-0.2, -0.15) is 0 Å². The molecule has 0 aliphatic rings. The molecular formula is C18H16ClN3O2S. The summed E-state index contributed by atoms with van der Waals surface area (Å²) >= 11 is 11.1. The molecule has 1 atom stereocenters. The number of halogens is 1. The summed E-state index contributed by atoms with van der Waals surface area (Å²) in [7, 11) is 0. The van der Waals surface area contributed by atoms with E-state index in [-0.39, 0.29) is 22.3 Å². The number of aromatic amines is 2. The molecule has 1 heterocycles. The molecule has 0 unspecified atom stereocenters. The third-order valence-corrected chi connectivity index (χ3v) is 4.44. The molecule has 3 rings (SSSR count). The van der Waals surface area contributed by atoms with Gasteiger partial charge in [-0.15, -0.1) is 0 Å². The van der Waals surface area contributed by atoms with Gasteiger partial charge in [0, 0.05) is 16.6 Å². The van der Waals surface area contributed by atoms with Gasteiger partial charge in [-0.1, -0.05) is 29.8 Å². The summed E-state index contributed by atoms with van der Waals surface area (Å²) in [6.07, 6.45) is 0.626. The number of H-pyrrole nitrogens is 2. The Morgan fingerprint density at radius 3 is 2.76 bits per heavy atom. The highest BCUT2D eigenvalue weighted by Gasteiger charge is 2.13. The van der Waals surface area contributed by atoms with E-state index < -0.39 is 0 Å². The summed E-state index contributed by atoms with van der Waals surface area (Å²) in [5.41, 5.74) is 1.68.